The van der Waals surface area contributed by atoms with Crippen molar-refractivity contribution in [1.82, 2.24) is 9.80 Å². The number of ether oxygens (including phenoxy) is 1. The van der Waals surface area contributed by atoms with Crippen LogP contribution < -0.4 is 0 Å². The van der Waals surface area contributed by atoms with E-state index in [1.807, 2.05) is 0 Å². The maximum absolute atomic E-state index is 14.1. The van der Waals surface area contributed by atoms with Crippen LogP contribution in [0.25, 0.3) is 0 Å². The summed E-state index contributed by atoms with van der Waals surface area (Å²) in [5.74, 6) is -2.20. The van der Waals surface area contributed by atoms with Crippen LogP contribution in [0.5, 0.6) is 0 Å². The van der Waals surface area contributed by atoms with Crippen LogP contribution in [0.2, 0.25) is 5.02 Å². The minimum absolute atomic E-state index is 0. The quantitative estimate of drug-likeness (QED) is 0.586. The van der Waals surface area contributed by atoms with Crippen LogP contribution in [0.3, 0.4) is 0 Å². The largest absolute Gasteiger partial charge is 0.502 e. The average Bonchev–Trinajstić information content (AvgIpc) is 3.06. The van der Waals surface area contributed by atoms with Crippen molar-refractivity contribution >= 4 is 39.8 Å². The first-order valence-electron chi connectivity index (χ1n) is 10.6. The van der Waals surface area contributed by atoms with Gasteiger partial charge in [-0.25, -0.2) is 12.8 Å². The molecule has 0 aromatic heterocycles. The number of nitrogens with zero attached hydrogens (tertiary/aromatic N) is 2. The molecule has 2 heterocycles. The number of benzene rings is 2. The number of hydrogen-bond acceptors (Lipinski definition) is 6. The van der Waals surface area contributed by atoms with Gasteiger partial charge in [0.25, 0.3) is 5.91 Å². The average molecular weight is 531 g/mol. The van der Waals surface area contributed by atoms with Crippen LogP contribution in [0.4, 0.5) is 4.39 Å². The van der Waals surface area contributed by atoms with E-state index in [1.54, 1.807) is 6.07 Å². The van der Waals surface area contributed by atoms with Gasteiger partial charge in [-0.15, -0.1) is 12.4 Å². The third kappa shape index (κ3) is 5.39. The number of hydrogen-bond donors (Lipinski definition) is 1. The van der Waals surface area contributed by atoms with Crippen molar-refractivity contribution in [3.63, 3.8) is 0 Å². The lowest BCUT2D eigenvalue weighted by molar-refractivity contribution is -0.129. The minimum Gasteiger partial charge on any atom is -0.502 e. The van der Waals surface area contributed by atoms with E-state index in [1.165, 1.54) is 47.4 Å². The van der Waals surface area contributed by atoms with Crippen molar-refractivity contribution < 1.29 is 27.4 Å². The van der Waals surface area contributed by atoms with Gasteiger partial charge in [-0.2, -0.15) is 0 Å². The van der Waals surface area contributed by atoms with Gasteiger partial charge in [0.1, 0.15) is 10.7 Å². The number of rotatable bonds is 7. The van der Waals surface area contributed by atoms with Crippen LogP contribution in [-0.4, -0.2) is 68.6 Å². The molecule has 184 valence electrons. The van der Waals surface area contributed by atoms with Crippen molar-refractivity contribution in [1.29, 1.82) is 0 Å². The number of aliphatic hydroxyl groups excluding tert-OH is 1. The van der Waals surface area contributed by atoms with Gasteiger partial charge in [-0.3, -0.25) is 9.69 Å². The molecule has 2 aromatic rings. The summed E-state index contributed by atoms with van der Waals surface area (Å²) in [6.07, 6.45) is 0.555. The molecule has 1 N–H and O–H groups in total. The van der Waals surface area contributed by atoms with Crippen molar-refractivity contribution in [3.8, 4) is 0 Å². The summed E-state index contributed by atoms with van der Waals surface area (Å²) in [4.78, 5) is 15.9. The molecule has 1 fully saturated rings. The number of aliphatic hydroxyl groups is 1. The summed E-state index contributed by atoms with van der Waals surface area (Å²) in [5, 5.41) is 11.0. The van der Waals surface area contributed by atoms with Crippen LogP contribution in [0, 0.1) is 5.82 Å². The second-order valence-electron chi connectivity index (χ2n) is 7.93. The summed E-state index contributed by atoms with van der Waals surface area (Å²) in [6.45, 7) is 3.72. The lowest BCUT2D eigenvalue weighted by Gasteiger charge is -2.30. The Morgan fingerprint density at radius 2 is 1.76 bits per heavy atom. The summed E-state index contributed by atoms with van der Waals surface area (Å²) in [7, 11) is -4.27. The molecule has 1 amide bonds. The fourth-order valence-corrected chi connectivity index (χ4v) is 5.95. The lowest BCUT2D eigenvalue weighted by Crippen LogP contribution is -2.39. The molecular formula is C23H25Cl2FN2O5S. The molecule has 11 heteroatoms. The molecule has 0 aliphatic carbocycles. The first-order chi connectivity index (χ1) is 15.8. The molecule has 0 radical (unpaired) electrons. The molecule has 0 spiro atoms. The Morgan fingerprint density at radius 1 is 1.09 bits per heavy atom. The fraction of sp³-hybridized carbons (Fsp3) is 0.348. The van der Waals surface area contributed by atoms with Crippen molar-refractivity contribution in [2.24, 2.45) is 0 Å². The molecule has 0 saturated carbocycles. The molecule has 0 bridgehead atoms. The van der Waals surface area contributed by atoms with Crippen LogP contribution >= 0.6 is 24.0 Å². The third-order valence-electron chi connectivity index (χ3n) is 5.81. The van der Waals surface area contributed by atoms with Crippen molar-refractivity contribution in [2.75, 3.05) is 39.4 Å². The van der Waals surface area contributed by atoms with Gasteiger partial charge >= 0.3 is 0 Å². The first-order valence-corrected chi connectivity index (χ1v) is 12.5. The molecule has 7 nitrogen and oxygen atoms in total. The Hall–Kier alpha value is -2.17. The van der Waals surface area contributed by atoms with Gasteiger partial charge in [0.05, 0.1) is 24.2 Å². The molecule has 34 heavy (non-hydrogen) atoms. The maximum atomic E-state index is 14.1. The van der Waals surface area contributed by atoms with E-state index < -0.39 is 38.3 Å². The van der Waals surface area contributed by atoms with E-state index in [-0.39, 0.29) is 29.4 Å². The molecular weight excluding hydrogens is 506 g/mol. The zero-order valence-electron chi connectivity index (χ0n) is 18.2. The Balaban J connectivity index is 0.00000324. The second-order valence-corrected chi connectivity index (χ2v) is 10.3. The molecule has 4 rings (SSSR count). The Labute approximate surface area is 209 Å². The monoisotopic (exact) mass is 530 g/mol. The van der Waals surface area contributed by atoms with E-state index in [0.717, 1.165) is 13.1 Å². The van der Waals surface area contributed by atoms with E-state index in [0.29, 0.717) is 31.2 Å². The van der Waals surface area contributed by atoms with Gasteiger partial charge in [-0.05, 0) is 48.4 Å². The van der Waals surface area contributed by atoms with Crippen LogP contribution in [0.15, 0.2) is 64.1 Å². The minimum atomic E-state index is -4.27. The Kier molecular flexibility index (Phi) is 8.59. The molecule has 2 aromatic carbocycles. The summed E-state index contributed by atoms with van der Waals surface area (Å²) in [5.41, 5.74) is 0.270. The Bertz CT molecular complexity index is 1170. The lowest BCUT2D eigenvalue weighted by atomic mass is 10.1. The highest BCUT2D eigenvalue weighted by atomic mass is 35.5. The van der Waals surface area contributed by atoms with Gasteiger partial charge in [0.15, 0.2) is 5.76 Å². The van der Waals surface area contributed by atoms with Crippen LogP contribution in [-0.2, 0) is 19.4 Å². The van der Waals surface area contributed by atoms with Gasteiger partial charge in [0.2, 0.25) is 9.84 Å². The molecule has 1 saturated heterocycles. The van der Waals surface area contributed by atoms with E-state index >= 15 is 0 Å². The highest BCUT2D eigenvalue weighted by molar-refractivity contribution is 7.95. The predicted octanol–water partition coefficient (Wildman–Crippen LogP) is 3.75. The normalized spacial score (nSPS) is 19.4. The summed E-state index contributed by atoms with van der Waals surface area (Å²) < 4.78 is 46.4. The summed E-state index contributed by atoms with van der Waals surface area (Å²) in [6, 6.07) is 9.73. The van der Waals surface area contributed by atoms with Gasteiger partial charge in [-0.1, -0.05) is 23.7 Å². The smallest absolute Gasteiger partial charge is 0.290 e. The van der Waals surface area contributed by atoms with Crippen molar-refractivity contribution in [3.05, 3.63) is 75.6 Å². The van der Waals surface area contributed by atoms with E-state index in [9.17, 15) is 22.7 Å². The van der Waals surface area contributed by atoms with Crippen molar-refractivity contribution in [2.45, 2.75) is 17.4 Å². The number of amides is 1. The zero-order chi connectivity index (χ0) is 23.6. The number of carbonyl (C=O) groups is 1. The van der Waals surface area contributed by atoms with E-state index in [2.05, 4.69) is 4.90 Å². The van der Waals surface area contributed by atoms with Crippen LogP contribution in [0.1, 0.15) is 18.0 Å². The number of carbonyl (C=O) groups excluding carboxylic acids is 1. The van der Waals surface area contributed by atoms with Gasteiger partial charge < -0.3 is 14.7 Å². The molecule has 1 unspecified atom stereocenters. The standard InChI is InChI=1S/C23H24ClFN2O5S.ClH/c24-17-5-7-19(8-6-17)33(30,31)22-20(16-3-1-4-18(25)15-16)27(23(29)21(22)28)10-2-9-26-11-13-32-14-12-26;/h1,3-8,15,20,28H,2,9-14H2;1H. The molecule has 2 aliphatic rings. The Morgan fingerprint density at radius 3 is 2.41 bits per heavy atom. The number of sulfone groups is 1. The fourth-order valence-electron chi connectivity index (χ4n) is 4.17. The maximum Gasteiger partial charge on any atom is 0.290 e. The first kappa shape index (κ1) is 26.4. The zero-order valence-corrected chi connectivity index (χ0v) is 20.6. The molecule has 2 aliphatic heterocycles. The van der Waals surface area contributed by atoms with Gasteiger partial charge in [0, 0.05) is 31.2 Å². The topological polar surface area (TPSA) is 87.1 Å². The third-order valence-corrected chi connectivity index (χ3v) is 7.95. The molecule has 1 atom stereocenters. The SMILES string of the molecule is Cl.O=C1C(O)=C(S(=O)(=O)c2ccc(Cl)cc2)C(c2cccc(F)c2)N1CCCN1CCOCC1. The highest BCUT2D eigenvalue weighted by Gasteiger charge is 2.46. The highest BCUT2D eigenvalue weighted by Crippen LogP contribution is 2.42. The number of halogens is 3. The second kappa shape index (κ2) is 11.0. The predicted molar refractivity (Wildman–Crippen MR) is 128 cm³/mol. The number of morpholine rings is 1. The summed E-state index contributed by atoms with van der Waals surface area (Å²) >= 11 is 5.89. The van der Waals surface area contributed by atoms with E-state index in [4.69, 9.17) is 16.3 Å².